The average Bonchev–Trinajstić information content (AvgIpc) is 3.47. The Hall–Kier alpha value is -3.78. The van der Waals surface area contributed by atoms with E-state index in [1.165, 1.54) is 0 Å². The van der Waals surface area contributed by atoms with Crippen LogP contribution in [0.3, 0.4) is 0 Å². The summed E-state index contributed by atoms with van der Waals surface area (Å²) in [6, 6.07) is 14.9. The number of hydrogen-bond donors (Lipinski definition) is 1. The number of benzene rings is 1. The molecular formula is C24H18BrN5O2. The highest BCUT2D eigenvalue weighted by Crippen LogP contribution is 2.27. The lowest BCUT2D eigenvalue weighted by molar-refractivity contribution is 0.102. The zero-order chi connectivity index (χ0) is 22.1. The number of rotatable bonds is 5. The van der Waals surface area contributed by atoms with Crippen molar-refractivity contribution in [2.24, 2.45) is 0 Å². The molecule has 5 aromatic rings. The zero-order valence-corrected chi connectivity index (χ0v) is 18.7. The number of anilines is 1. The van der Waals surface area contributed by atoms with Gasteiger partial charge in [0.1, 0.15) is 12.3 Å². The van der Waals surface area contributed by atoms with Gasteiger partial charge in [-0.25, -0.2) is 9.67 Å². The van der Waals surface area contributed by atoms with E-state index in [1.54, 1.807) is 35.6 Å². The number of amides is 1. The summed E-state index contributed by atoms with van der Waals surface area (Å²) in [4.78, 5) is 22.3. The molecule has 0 aliphatic carbocycles. The lowest BCUT2D eigenvalue weighted by Gasteiger charge is -2.10. The van der Waals surface area contributed by atoms with Crippen LogP contribution in [0.15, 0.2) is 82.3 Å². The van der Waals surface area contributed by atoms with Crippen LogP contribution < -0.4 is 5.32 Å². The third-order valence-electron chi connectivity index (χ3n) is 5.11. The number of carbonyl (C=O) groups is 1. The number of nitrogens with one attached hydrogen (secondary N) is 1. The van der Waals surface area contributed by atoms with Crippen LogP contribution >= 0.6 is 15.9 Å². The molecule has 0 radical (unpaired) electrons. The summed E-state index contributed by atoms with van der Waals surface area (Å²) in [5.74, 6) is 0.515. The van der Waals surface area contributed by atoms with Gasteiger partial charge in [0, 0.05) is 28.1 Å². The van der Waals surface area contributed by atoms with Gasteiger partial charge in [0.2, 0.25) is 0 Å². The number of nitrogens with zero attached hydrogens (tertiary/aromatic N) is 4. The first kappa shape index (κ1) is 20.1. The van der Waals surface area contributed by atoms with E-state index in [4.69, 9.17) is 9.40 Å². The van der Waals surface area contributed by atoms with Gasteiger partial charge >= 0.3 is 0 Å². The molecule has 1 aromatic carbocycles. The minimum Gasteiger partial charge on any atom is -0.467 e. The molecule has 0 aliphatic rings. The number of pyridine rings is 2. The number of hydrogen-bond acceptors (Lipinski definition) is 5. The van der Waals surface area contributed by atoms with Gasteiger partial charge in [-0.3, -0.25) is 9.78 Å². The van der Waals surface area contributed by atoms with Gasteiger partial charge in [0.25, 0.3) is 5.91 Å². The van der Waals surface area contributed by atoms with Crippen molar-refractivity contribution >= 4 is 38.6 Å². The lowest BCUT2D eigenvalue weighted by atomic mass is 10.1. The molecule has 0 aliphatic heterocycles. The van der Waals surface area contributed by atoms with Crippen molar-refractivity contribution in [2.45, 2.75) is 13.5 Å². The molecule has 1 N–H and O–H groups in total. The first-order valence-electron chi connectivity index (χ1n) is 9.95. The van der Waals surface area contributed by atoms with Crippen LogP contribution in [0.5, 0.6) is 0 Å². The molecule has 4 aromatic heterocycles. The van der Waals surface area contributed by atoms with Gasteiger partial charge in [-0.1, -0.05) is 15.9 Å². The number of fused-ring (bicyclic) bond motifs is 1. The minimum absolute atomic E-state index is 0.234. The van der Waals surface area contributed by atoms with E-state index in [-0.39, 0.29) is 5.91 Å². The molecule has 0 fully saturated rings. The van der Waals surface area contributed by atoms with Crippen molar-refractivity contribution in [3.05, 3.63) is 94.7 Å². The highest BCUT2D eigenvalue weighted by Gasteiger charge is 2.18. The summed E-state index contributed by atoms with van der Waals surface area (Å²) in [5.41, 5.74) is 4.29. The fourth-order valence-corrected chi connectivity index (χ4v) is 3.73. The van der Waals surface area contributed by atoms with Gasteiger partial charge in [0.05, 0.1) is 29.1 Å². The van der Waals surface area contributed by atoms with E-state index in [0.717, 1.165) is 21.4 Å². The van der Waals surface area contributed by atoms with Gasteiger partial charge in [0.15, 0.2) is 5.65 Å². The first-order valence-corrected chi connectivity index (χ1v) is 10.7. The molecule has 5 rings (SSSR count). The van der Waals surface area contributed by atoms with Gasteiger partial charge in [-0.2, -0.15) is 5.10 Å². The predicted octanol–water partition coefficient (Wildman–Crippen LogP) is 5.46. The van der Waals surface area contributed by atoms with Crippen LogP contribution in [0.25, 0.3) is 22.3 Å². The predicted molar refractivity (Wildman–Crippen MR) is 125 cm³/mol. The van der Waals surface area contributed by atoms with Crippen molar-refractivity contribution in [2.75, 3.05) is 5.32 Å². The summed E-state index contributed by atoms with van der Waals surface area (Å²) >= 11 is 3.49. The Morgan fingerprint density at radius 3 is 2.81 bits per heavy atom. The van der Waals surface area contributed by atoms with Gasteiger partial charge in [-0.15, -0.1) is 0 Å². The Morgan fingerprint density at radius 2 is 2.06 bits per heavy atom. The molecule has 158 valence electrons. The minimum atomic E-state index is -0.234. The molecule has 4 heterocycles. The van der Waals surface area contributed by atoms with Gasteiger partial charge in [-0.05, 0) is 61.0 Å². The van der Waals surface area contributed by atoms with Crippen LogP contribution in [0.4, 0.5) is 5.69 Å². The number of halogens is 1. The molecule has 1 amide bonds. The second-order valence-electron chi connectivity index (χ2n) is 7.33. The molecule has 0 saturated heterocycles. The Balaban J connectivity index is 1.60. The first-order chi connectivity index (χ1) is 15.6. The Kier molecular flexibility index (Phi) is 5.28. The second kappa shape index (κ2) is 8.39. The molecule has 0 atom stereocenters. The molecule has 0 saturated carbocycles. The molecule has 8 heteroatoms. The number of aryl methyl sites for hydroxylation is 1. The highest BCUT2D eigenvalue weighted by atomic mass is 79.9. The Labute approximate surface area is 192 Å². The van der Waals surface area contributed by atoms with E-state index in [9.17, 15) is 4.79 Å². The number of furan rings is 1. The topological polar surface area (TPSA) is 85.8 Å². The Bertz CT molecular complexity index is 1410. The van der Waals surface area contributed by atoms with Gasteiger partial charge < -0.3 is 9.73 Å². The maximum atomic E-state index is 13.3. The third-order valence-corrected chi connectivity index (χ3v) is 6.00. The van der Waals surface area contributed by atoms with Crippen LogP contribution in [0.2, 0.25) is 0 Å². The summed E-state index contributed by atoms with van der Waals surface area (Å²) in [6.45, 7) is 2.39. The normalized spacial score (nSPS) is 11.1. The van der Waals surface area contributed by atoms with E-state index in [1.807, 2.05) is 49.4 Å². The fraction of sp³-hybridized carbons (Fsp3) is 0.0833. The van der Waals surface area contributed by atoms with Crippen molar-refractivity contribution in [3.8, 4) is 11.3 Å². The Morgan fingerprint density at radius 1 is 1.16 bits per heavy atom. The van der Waals surface area contributed by atoms with Crippen LogP contribution in [0.1, 0.15) is 21.7 Å². The fourth-order valence-electron chi connectivity index (χ4n) is 3.48. The number of carbonyl (C=O) groups excluding carboxylic acids is 1. The summed E-state index contributed by atoms with van der Waals surface area (Å²) in [5, 5.41) is 8.13. The summed E-state index contributed by atoms with van der Waals surface area (Å²) in [6.07, 6.45) is 6.71. The standard InChI is InChI=1S/C24H18BrN5O2/c1-15-10-17(6-7-21(15)25)28-24(31)19-11-22(16-4-2-8-26-12-16)29-23-20(19)13-27-30(23)14-18-5-3-9-32-18/h2-13H,14H2,1H3,(H,28,31). The largest absolute Gasteiger partial charge is 0.467 e. The number of aromatic nitrogens is 4. The average molecular weight is 488 g/mol. The van der Waals surface area contributed by atoms with Crippen LogP contribution in [-0.2, 0) is 6.54 Å². The van der Waals surface area contributed by atoms with Crippen molar-refractivity contribution in [3.63, 3.8) is 0 Å². The maximum absolute atomic E-state index is 13.3. The summed E-state index contributed by atoms with van der Waals surface area (Å²) in [7, 11) is 0. The van der Waals surface area contributed by atoms with Crippen LogP contribution in [-0.4, -0.2) is 25.7 Å². The zero-order valence-electron chi connectivity index (χ0n) is 17.1. The molecule has 7 nitrogen and oxygen atoms in total. The van der Waals surface area contributed by atoms with E-state index < -0.39 is 0 Å². The van der Waals surface area contributed by atoms with E-state index in [0.29, 0.717) is 34.5 Å². The molecule has 0 spiro atoms. The smallest absolute Gasteiger partial charge is 0.256 e. The molecule has 32 heavy (non-hydrogen) atoms. The van der Waals surface area contributed by atoms with E-state index >= 15 is 0 Å². The molecule has 0 unspecified atom stereocenters. The quantitative estimate of drug-likeness (QED) is 0.355. The molecule has 0 bridgehead atoms. The summed E-state index contributed by atoms with van der Waals surface area (Å²) < 4.78 is 8.18. The van der Waals surface area contributed by atoms with Crippen molar-refractivity contribution in [1.29, 1.82) is 0 Å². The lowest BCUT2D eigenvalue weighted by Crippen LogP contribution is -2.13. The maximum Gasteiger partial charge on any atom is 0.256 e. The SMILES string of the molecule is Cc1cc(NC(=O)c2cc(-c3cccnc3)nc3c2cnn3Cc2ccco2)ccc1Br. The third kappa shape index (κ3) is 3.92. The van der Waals surface area contributed by atoms with E-state index in [2.05, 4.69) is 31.3 Å². The molecular weight excluding hydrogens is 470 g/mol. The van der Waals surface area contributed by atoms with Crippen molar-refractivity contribution in [1.82, 2.24) is 19.7 Å². The second-order valence-corrected chi connectivity index (χ2v) is 8.19. The van der Waals surface area contributed by atoms with Crippen LogP contribution in [0, 0.1) is 6.92 Å². The highest BCUT2D eigenvalue weighted by molar-refractivity contribution is 9.10. The monoisotopic (exact) mass is 487 g/mol. The van der Waals surface area contributed by atoms with Crippen molar-refractivity contribution < 1.29 is 9.21 Å².